The first-order chi connectivity index (χ1) is 5.33. The number of benzene rings is 1. The Morgan fingerprint density at radius 1 is 1.27 bits per heavy atom. The molecule has 0 aliphatic rings. The van der Waals surface area contributed by atoms with Crippen LogP contribution in [0, 0.1) is 0 Å². The molecule has 0 saturated heterocycles. The number of phenolic OH excluding ortho intramolecular Hbond substituents is 1. The average molecular weight is 156 g/mol. The minimum absolute atomic E-state index is 0.0603. The molecule has 11 heavy (non-hydrogen) atoms. The second-order valence-electron chi connectivity index (χ2n) is 2.03. The van der Waals surface area contributed by atoms with Gasteiger partial charge in [-0.25, -0.2) is 4.39 Å². The van der Waals surface area contributed by atoms with E-state index in [0.717, 1.165) is 0 Å². The monoisotopic (exact) mass is 156 g/mol. The van der Waals surface area contributed by atoms with Crippen LogP contribution in [0.25, 0.3) is 0 Å². The van der Waals surface area contributed by atoms with Crippen molar-refractivity contribution >= 4 is 0 Å². The van der Waals surface area contributed by atoms with Gasteiger partial charge in [0.2, 0.25) is 0 Å². The van der Waals surface area contributed by atoms with Gasteiger partial charge in [-0.15, -0.1) is 0 Å². The van der Waals surface area contributed by atoms with E-state index in [-0.39, 0.29) is 12.4 Å². The van der Waals surface area contributed by atoms with Crippen molar-refractivity contribution in [1.29, 1.82) is 0 Å². The van der Waals surface area contributed by atoms with Gasteiger partial charge >= 0.3 is 0 Å². The van der Waals surface area contributed by atoms with E-state index in [4.69, 9.17) is 9.84 Å². The molecule has 0 aromatic heterocycles. The van der Waals surface area contributed by atoms with Crippen LogP contribution in [0.5, 0.6) is 11.5 Å². The van der Waals surface area contributed by atoms with Crippen LogP contribution in [-0.4, -0.2) is 18.4 Å². The number of phenols is 1. The maximum absolute atomic E-state index is 11.6. The smallest absolute Gasteiger partial charge is 0.123 e. The first kappa shape index (κ1) is 7.85. The van der Waals surface area contributed by atoms with Crippen molar-refractivity contribution in [3.05, 3.63) is 24.3 Å². The van der Waals surface area contributed by atoms with Crippen LogP contribution < -0.4 is 4.74 Å². The zero-order chi connectivity index (χ0) is 8.10. The van der Waals surface area contributed by atoms with E-state index in [1.165, 1.54) is 12.1 Å². The number of halogens is 1. The summed E-state index contributed by atoms with van der Waals surface area (Å²) in [7, 11) is 0. The summed E-state index contributed by atoms with van der Waals surface area (Å²) in [6, 6.07) is 6.16. The van der Waals surface area contributed by atoms with Crippen LogP contribution in [0.3, 0.4) is 0 Å². The van der Waals surface area contributed by atoms with Crippen molar-refractivity contribution in [2.45, 2.75) is 0 Å². The van der Waals surface area contributed by atoms with Crippen molar-refractivity contribution in [2.24, 2.45) is 0 Å². The topological polar surface area (TPSA) is 29.5 Å². The number of hydrogen-bond donors (Lipinski definition) is 1. The van der Waals surface area contributed by atoms with E-state index < -0.39 is 6.67 Å². The predicted molar refractivity (Wildman–Crippen MR) is 39.6 cm³/mol. The number of alkyl halides is 1. The molecule has 0 bridgehead atoms. The highest BCUT2D eigenvalue weighted by Crippen LogP contribution is 2.15. The highest BCUT2D eigenvalue weighted by Gasteiger charge is 1.91. The van der Waals surface area contributed by atoms with Crippen LogP contribution in [-0.2, 0) is 0 Å². The Bertz CT molecular complexity index is 208. The number of aromatic hydroxyl groups is 1. The van der Waals surface area contributed by atoms with Crippen LogP contribution in [0.2, 0.25) is 0 Å². The van der Waals surface area contributed by atoms with Gasteiger partial charge in [0.1, 0.15) is 24.8 Å². The Labute approximate surface area is 64.2 Å². The van der Waals surface area contributed by atoms with E-state index in [9.17, 15) is 4.39 Å². The quantitative estimate of drug-likeness (QED) is 0.722. The lowest BCUT2D eigenvalue weighted by Gasteiger charge is -2.01. The summed E-state index contributed by atoms with van der Waals surface area (Å²) in [5.74, 6) is 0.748. The molecule has 2 nitrogen and oxygen atoms in total. The van der Waals surface area contributed by atoms with E-state index in [1.807, 2.05) is 0 Å². The van der Waals surface area contributed by atoms with E-state index in [2.05, 4.69) is 0 Å². The minimum Gasteiger partial charge on any atom is -0.508 e. The Morgan fingerprint density at radius 2 is 1.91 bits per heavy atom. The zero-order valence-electron chi connectivity index (χ0n) is 5.96. The SMILES string of the molecule is Oc1ccc(OCCF)cc1. The largest absolute Gasteiger partial charge is 0.508 e. The van der Waals surface area contributed by atoms with Gasteiger partial charge in [0, 0.05) is 0 Å². The average Bonchev–Trinajstić information content (AvgIpc) is 2.04. The summed E-state index contributed by atoms with van der Waals surface area (Å²) in [6.07, 6.45) is 0. The van der Waals surface area contributed by atoms with Crippen molar-refractivity contribution in [3.63, 3.8) is 0 Å². The van der Waals surface area contributed by atoms with Crippen molar-refractivity contribution in [2.75, 3.05) is 13.3 Å². The van der Waals surface area contributed by atoms with Crippen LogP contribution >= 0.6 is 0 Å². The molecule has 0 aliphatic heterocycles. The lowest BCUT2D eigenvalue weighted by molar-refractivity contribution is 0.273. The fourth-order valence-electron chi connectivity index (χ4n) is 0.699. The Morgan fingerprint density at radius 3 is 2.45 bits per heavy atom. The molecule has 1 rings (SSSR count). The normalized spacial score (nSPS) is 9.55. The second-order valence-corrected chi connectivity index (χ2v) is 2.03. The van der Waals surface area contributed by atoms with Gasteiger partial charge in [0.15, 0.2) is 0 Å². The van der Waals surface area contributed by atoms with Crippen LogP contribution in [0.15, 0.2) is 24.3 Å². The summed E-state index contributed by atoms with van der Waals surface area (Å²) in [5.41, 5.74) is 0. The number of hydrogen-bond acceptors (Lipinski definition) is 2. The summed E-state index contributed by atoms with van der Waals surface area (Å²) in [6.45, 7) is -0.439. The van der Waals surface area contributed by atoms with E-state index >= 15 is 0 Å². The molecule has 1 N–H and O–H groups in total. The predicted octanol–water partition coefficient (Wildman–Crippen LogP) is 1.74. The van der Waals surface area contributed by atoms with Crippen molar-refractivity contribution in [1.82, 2.24) is 0 Å². The van der Waals surface area contributed by atoms with Crippen LogP contribution in [0.4, 0.5) is 4.39 Å². The van der Waals surface area contributed by atoms with Gasteiger partial charge < -0.3 is 9.84 Å². The van der Waals surface area contributed by atoms with Gasteiger partial charge in [-0.1, -0.05) is 0 Å². The highest BCUT2D eigenvalue weighted by molar-refractivity contribution is 5.29. The molecule has 0 atom stereocenters. The third-order valence-corrected chi connectivity index (χ3v) is 1.18. The van der Waals surface area contributed by atoms with Crippen LogP contribution in [0.1, 0.15) is 0 Å². The highest BCUT2D eigenvalue weighted by atomic mass is 19.1. The molecule has 0 fully saturated rings. The molecule has 0 spiro atoms. The summed E-state index contributed by atoms with van der Waals surface area (Å²) in [5, 5.41) is 8.85. The molecule has 0 heterocycles. The van der Waals surface area contributed by atoms with Crippen molar-refractivity contribution in [3.8, 4) is 11.5 Å². The maximum Gasteiger partial charge on any atom is 0.123 e. The Balaban J connectivity index is 2.52. The first-order valence-electron chi connectivity index (χ1n) is 3.31. The third kappa shape index (κ3) is 2.45. The van der Waals surface area contributed by atoms with E-state index in [1.54, 1.807) is 12.1 Å². The molecule has 1 aromatic rings. The summed E-state index contributed by atoms with van der Waals surface area (Å²) >= 11 is 0. The number of rotatable bonds is 3. The molecular formula is C8H9FO2. The Kier molecular flexibility index (Phi) is 2.72. The zero-order valence-corrected chi connectivity index (χ0v) is 5.96. The van der Waals surface area contributed by atoms with Crippen molar-refractivity contribution < 1.29 is 14.2 Å². The summed E-state index contributed by atoms with van der Waals surface area (Å²) in [4.78, 5) is 0. The lowest BCUT2D eigenvalue weighted by Crippen LogP contribution is -1.97. The molecule has 0 amide bonds. The molecule has 0 unspecified atom stereocenters. The molecule has 0 saturated carbocycles. The fraction of sp³-hybridized carbons (Fsp3) is 0.250. The van der Waals surface area contributed by atoms with Gasteiger partial charge in [0.05, 0.1) is 0 Å². The molecule has 60 valence electrons. The maximum atomic E-state index is 11.6. The number of ether oxygens (including phenoxy) is 1. The van der Waals surface area contributed by atoms with Gasteiger partial charge in [-0.05, 0) is 24.3 Å². The van der Waals surface area contributed by atoms with Gasteiger partial charge in [-0.2, -0.15) is 0 Å². The fourth-order valence-corrected chi connectivity index (χ4v) is 0.699. The molecular weight excluding hydrogens is 147 g/mol. The minimum atomic E-state index is -0.499. The molecule has 0 aliphatic carbocycles. The van der Waals surface area contributed by atoms with Gasteiger partial charge in [0.25, 0.3) is 0 Å². The second kappa shape index (κ2) is 3.81. The molecule has 1 aromatic carbocycles. The lowest BCUT2D eigenvalue weighted by atomic mass is 10.3. The summed E-state index contributed by atoms with van der Waals surface area (Å²) < 4.78 is 16.5. The first-order valence-corrected chi connectivity index (χ1v) is 3.31. The third-order valence-electron chi connectivity index (χ3n) is 1.18. The van der Waals surface area contributed by atoms with E-state index in [0.29, 0.717) is 5.75 Å². The molecule has 0 radical (unpaired) electrons. The molecule has 3 heteroatoms. The standard InChI is InChI=1S/C8H9FO2/c9-5-6-11-8-3-1-7(10)2-4-8/h1-4,10H,5-6H2. The van der Waals surface area contributed by atoms with Gasteiger partial charge in [-0.3, -0.25) is 0 Å². The Hall–Kier alpha value is -1.25.